The molecule has 0 saturated heterocycles. The number of nitrogens with one attached hydrogen (secondary N) is 2. The van der Waals surface area contributed by atoms with Crippen LogP contribution in [0.15, 0.2) is 24.3 Å². The lowest BCUT2D eigenvalue weighted by Crippen LogP contribution is -2.50. The second-order valence-electron chi connectivity index (χ2n) is 6.85. The molecule has 1 aromatic heterocycles. The first kappa shape index (κ1) is 19.0. The molecule has 0 saturated carbocycles. The van der Waals surface area contributed by atoms with Crippen LogP contribution < -0.4 is 15.5 Å². The first-order chi connectivity index (χ1) is 12.8. The van der Waals surface area contributed by atoms with Gasteiger partial charge in [-0.25, -0.2) is 4.98 Å². The number of carbonyl (C=O) groups excluding carboxylic acids is 3. The van der Waals surface area contributed by atoms with Crippen molar-refractivity contribution in [1.29, 1.82) is 0 Å². The summed E-state index contributed by atoms with van der Waals surface area (Å²) in [5.41, 5.74) is 1.67. The van der Waals surface area contributed by atoms with E-state index in [1.165, 1.54) is 16.2 Å². The zero-order valence-electron chi connectivity index (χ0n) is 15.7. The van der Waals surface area contributed by atoms with E-state index in [9.17, 15) is 14.4 Å². The quantitative estimate of drug-likeness (QED) is 0.845. The normalized spacial score (nSPS) is 16.8. The number of para-hydroxylation sites is 1. The van der Waals surface area contributed by atoms with Crippen molar-refractivity contribution in [1.82, 2.24) is 10.3 Å². The minimum atomic E-state index is -0.693. The maximum absolute atomic E-state index is 13.1. The molecule has 2 heterocycles. The molecule has 0 aliphatic carbocycles. The highest BCUT2D eigenvalue weighted by Crippen LogP contribution is 2.26. The first-order valence-electron chi connectivity index (χ1n) is 8.73. The van der Waals surface area contributed by atoms with Gasteiger partial charge in [0.2, 0.25) is 11.8 Å². The average molecular weight is 386 g/mol. The lowest BCUT2D eigenvalue weighted by atomic mass is 10.0. The molecule has 8 heteroatoms. The van der Waals surface area contributed by atoms with Gasteiger partial charge in [-0.05, 0) is 31.9 Å². The van der Waals surface area contributed by atoms with E-state index in [2.05, 4.69) is 15.6 Å². The highest BCUT2D eigenvalue weighted by molar-refractivity contribution is 7.15. The topological polar surface area (TPSA) is 91.4 Å². The van der Waals surface area contributed by atoms with E-state index < -0.39 is 6.04 Å². The van der Waals surface area contributed by atoms with E-state index in [1.54, 1.807) is 24.3 Å². The van der Waals surface area contributed by atoms with E-state index in [4.69, 9.17) is 0 Å². The zero-order chi connectivity index (χ0) is 19.7. The smallest absolute Gasteiger partial charge is 0.254 e. The Bertz CT molecular complexity index is 887. The third kappa shape index (κ3) is 3.85. The summed E-state index contributed by atoms with van der Waals surface area (Å²) in [4.78, 5) is 44.9. The van der Waals surface area contributed by atoms with E-state index in [0.717, 1.165) is 10.6 Å². The Hall–Kier alpha value is -2.74. The summed E-state index contributed by atoms with van der Waals surface area (Å²) in [6.45, 7) is 7.34. The molecule has 0 spiro atoms. The summed E-state index contributed by atoms with van der Waals surface area (Å²) >= 11 is 1.39. The second kappa shape index (κ2) is 7.48. The van der Waals surface area contributed by atoms with Crippen LogP contribution in [0.5, 0.6) is 0 Å². The Morgan fingerprint density at radius 1 is 1.30 bits per heavy atom. The van der Waals surface area contributed by atoms with Gasteiger partial charge in [0.15, 0.2) is 5.13 Å². The largest absolute Gasteiger partial charge is 0.340 e. The number of fused-ring (bicyclic) bond motifs is 1. The molecular weight excluding hydrogens is 364 g/mol. The minimum absolute atomic E-state index is 0.106. The van der Waals surface area contributed by atoms with Gasteiger partial charge in [0.05, 0.1) is 16.9 Å². The van der Waals surface area contributed by atoms with Gasteiger partial charge >= 0.3 is 0 Å². The van der Waals surface area contributed by atoms with Crippen LogP contribution in [0.2, 0.25) is 0 Å². The lowest BCUT2D eigenvalue weighted by Gasteiger charge is -2.26. The van der Waals surface area contributed by atoms with E-state index in [-0.39, 0.29) is 30.2 Å². The Morgan fingerprint density at radius 2 is 2.00 bits per heavy atom. The summed E-state index contributed by atoms with van der Waals surface area (Å²) in [6.07, 6.45) is 0. The van der Waals surface area contributed by atoms with E-state index in [1.807, 2.05) is 27.7 Å². The van der Waals surface area contributed by atoms with E-state index >= 15 is 0 Å². The average Bonchev–Trinajstić information content (AvgIpc) is 2.88. The van der Waals surface area contributed by atoms with Gasteiger partial charge in [-0.1, -0.05) is 26.0 Å². The standard InChI is InChI=1S/C19H22N4O3S/c1-10(2)16-18(26)23(14-8-6-5-7-13(14)17(25)22-16)9-15(24)21-19-20-11(3)12(4)27-19/h5-8,10,16H,9H2,1-4H3,(H,22,25)(H,20,21,24). The molecule has 142 valence electrons. The van der Waals surface area contributed by atoms with Gasteiger partial charge in [-0.2, -0.15) is 0 Å². The molecule has 2 N–H and O–H groups in total. The second-order valence-corrected chi connectivity index (χ2v) is 8.05. The third-order valence-electron chi connectivity index (χ3n) is 4.50. The lowest BCUT2D eigenvalue weighted by molar-refractivity contribution is -0.123. The van der Waals surface area contributed by atoms with Crippen molar-refractivity contribution in [3.8, 4) is 0 Å². The van der Waals surface area contributed by atoms with Gasteiger partial charge in [-0.3, -0.25) is 14.4 Å². The van der Waals surface area contributed by atoms with Gasteiger partial charge in [0.1, 0.15) is 12.6 Å². The fraction of sp³-hybridized carbons (Fsp3) is 0.368. The molecule has 7 nitrogen and oxygen atoms in total. The van der Waals surface area contributed by atoms with Crippen molar-refractivity contribution < 1.29 is 14.4 Å². The zero-order valence-corrected chi connectivity index (χ0v) is 16.5. The molecule has 1 aliphatic rings. The Morgan fingerprint density at radius 3 is 2.63 bits per heavy atom. The number of aryl methyl sites for hydroxylation is 2. The SMILES string of the molecule is Cc1nc(NC(=O)CN2C(=O)C(C(C)C)NC(=O)c3ccccc32)sc1C. The minimum Gasteiger partial charge on any atom is -0.340 e. The number of hydrogen-bond donors (Lipinski definition) is 2. The Balaban J connectivity index is 1.90. The molecule has 3 rings (SSSR count). The number of amides is 3. The summed E-state index contributed by atoms with van der Waals surface area (Å²) in [5.74, 6) is -1.08. The van der Waals surface area contributed by atoms with Crippen LogP contribution in [0, 0.1) is 19.8 Å². The summed E-state index contributed by atoms with van der Waals surface area (Å²) in [5, 5.41) is 6.02. The van der Waals surface area contributed by atoms with Crippen molar-refractivity contribution in [3.63, 3.8) is 0 Å². The summed E-state index contributed by atoms with van der Waals surface area (Å²) < 4.78 is 0. The fourth-order valence-corrected chi connectivity index (χ4v) is 3.74. The molecule has 3 amide bonds. The number of rotatable bonds is 4. The molecule has 0 bridgehead atoms. The molecule has 0 radical (unpaired) electrons. The highest BCUT2D eigenvalue weighted by Gasteiger charge is 2.36. The number of thiazole rings is 1. The maximum Gasteiger partial charge on any atom is 0.254 e. The number of aromatic nitrogens is 1. The van der Waals surface area contributed by atoms with Crippen molar-refractivity contribution in [2.75, 3.05) is 16.8 Å². The van der Waals surface area contributed by atoms with Crippen molar-refractivity contribution >= 4 is 39.9 Å². The number of nitrogens with zero attached hydrogens (tertiary/aromatic N) is 2. The predicted molar refractivity (Wildman–Crippen MR) is 105 cm³/mol. The van der Waals surface area contributed by atoms with Crippen LogP contribution in [0.25, 0.3) is 0 Å². The van der Waals surface area contributed by atoms with Gasteiger partial charge in [-0.15, -0.1) is 11.3 Å². The van der Waals surface area contributed by atoms with Crippen molar-refractivity contribution in [3.05, 3.63) is 40.4 Å². The summed E-state index contributed by atoms with van der Waals surface area (Å²) in [7, 11) is 0. The van der Waals surface area contributed by atoms with E-state index in [0.29, 0.717) is 16.4 Å². The Kier molecular flexibility index (Phi) is 5.27. The van der Waals surface area contributed by atoms with Crippen LogP contribution in [0.1, 0.15) is 34.8 Å². The molecule has 27 heavy (non-hydrogen) atoms. The summed E-state index contributed by atoms with van der Waals surface area (Å²) in [6, 6.07) is 6.12. The molecule has 2 aromatic rings. The van der Waals surface area contributed by atoms with Crippen LogP contribution in [0.4, 0.5) is 10.8 Å². The number of carbonyl (C=O) groups is 3. The van der Waals surface area contributed by atoms with Crippen molar-refractivity contribution in [2.24, 2.45) is 5.92 Å². The molecule has 1 aliphatic heterocycles. The molecule has 1 atom stereocenters. The van der Waals surface area contributed by atoms with Crippen molar-refractivity contribution in [2.45, 2.75) is 33.7 Å². The van der Waals surface area contributed by atoms with Crippen LogP contribution >= 0.6 is 11.3 Å². The fourth-order valence-electron chi connectivity index (χ4n) is 2.91. The van der Waals surface area contributed by atoms with Gasteiger partial charge in [0, 0.05) is 4.88 Å². The van der Waals surface area contributed by atoms with Gasteiger partial charge < -0.3 is 15.5 Å². The highest BCUT2D eigenvalue weighted by atomic mass is 32.1. The van der Waals surface area contributed by atoms with Crippen LogP contribution in [0.3, 0.4) is 0 Å². The molecule has 0 fully saturated rings. The van der Waals surface area contributed by atoms with Crippen LogP contribution in [-0.4, -0.2) is 35.3 Å². The molecular formula is C19H22N4O3S. The molecule has 1 unspecified atom stereocenters. The number of hydrogen-bond acceptors (Lipinski definition) is 5. The molecule has 1 aromatic carbocycles. The number of anilines is 2. The van der Waals surface area contributed by atoms with Crippen LogP contribution in [-0.2, 0) is 9.59 Å². The maximum atomic E-state index is 13.1. The monoisotopic (exact) mass is 386 g/mol. The third-order valence-corrected chi connectivity index (χ3v) is 5.49. The first-order valence-corrected chi connectivity index (χ1v) is 9.54. The van der Waals surface area contributed by atoms with Gasteiger partial charge in [0.25, 0.3) is 5.91 Å². The number of benzene rings is 1. The Labute approximate surface area is 161 Å². The predicted octanol–water partition coefficient (Wildman–Crippen LogP) is 2.50.